The fourth-order valence-corrected chi connectivity index (χ4v) is 3.46. The summed E-state index contributed by atoms with van der Waals surface area (Å²) in [4.78, 5) is 23.4. The van der Waals surface area contributed by atoms with E-state index < -0.39 is 24.5 Å². The Morgan fingerprint density at radius 3 is 1.82 bits per heavy atom. The Morgan fingerprint density at radius 1 is 0.786 bits per heavy atom. The summed E-state index contributed by atoms with van der Waals surface area (Å²) in [6, 6.07) is 0. The van der Waals surface area contributed by atoms with Crippen LogP contribution in [-0.4, -0.2) is 37.7 Å². The normalized spacial score (nSPS) is 19.3. The van der Waals surface area contributed by atoms with Gasteiger partial charge in [-0.2, -0.15) is 0 Å². The Balaban J connectivity index is 2.07. The van der Waals surface area contributed by atoms with Gasteiger partial charge < -0.3 is 18.9 Å². The van der Waals surface area contributed by atoms with Crippen molar-refractivity contribution in [1.29, 1.82) is 0 Å². The lowest BCUT2D eigenvalue weighted by atomic mass is 9.95. The molecule has 1 saturated carbocycles. The number of hydrogen-bond acceptors (Lipinski definition) is 6. The van der Waals surface area contributed by atoms with Gasteiger partial charge in [-0.1, -0.05) is 58.8 Å². The van der Waals surface area contributed by atoms with Crippen LogP contribution >= 0.6 is 0 Å². The Bertz CT molecular complexity index is 423. The number of ether oxygens (including phenoxy) is 4. The highest BCUT2D eigenvalue weighted by molar-refractivity contribution is 5.61. The molecule has 6 nitrogen and oxygen atoms in total. The first-order chi connectivity index (χ1) is 13.5. The quantitative estimate of drug-likeness (QED) is 0.263. The van der Waals surface area contributed by atoms with Gasteiger partial charge in [0.1, 0.15) is 12.2 Å². The lowest BCUT2D eigenvalue weighted by molar-refractivity contribution is -0.0705. The minimum absolute atomic E-state index is 0.261. The van der Waals surface area contributed by atoms with Gasteiger partial charge in [0.25, 0.3) is 0 Å². The van der Waals surface area contributed by atoms with Crippen LogP contribution in [0.4, 0.5) is 9.59 Å². The zero-order chi connectivity index (χ0) is 20.6. The zero-order valence-electron chi connectivity index (χ0n) is 18.1. The van der Waals surface area contributed by atoms with E-state index in [1.54, 1.807) is 6.92 Å². The van der Waals surface area contributed by atoms with E-state index in [9.17, 15) is 9.59 Å². The molecule has 0 spiro atoms. The molecule has 0 amide bonds. The van der Waals surface area contributed by atoms with Gasteiger partial charge in [-0.3, -0.25) is 0 Å². The van der Waals surface area contributed by atoms with Crippen LogP contribution in [0.1, 0.15) is 97.8 Å². The minimum Gasteiger partial charge on any atom is -0.435 e. The van der Waals surface area contributed by atoms with Crippen molar-refractivity contribution in [3.05, 3.63) is 0 Å². The van der Waals surface area contributed by atoms with Crippen molar-refractivity contribution in [1.82, 2.24) is 0 Å². The van der Waals surface area contributed by atoms with Gasteiger partial charge in [-0.05, 0) is 44.9 Å². The van der Waals surface area contributed by atoms with E-state index in [4.69, 9.17) is 18.9 Å². The van der Waals surface area contributed by atoms with E-state index in [1.807, 2.05) is 0 Å². The Morgan fingerprint density at radius 2 is 1.29 bits per heavy atom. The van der Waals surface area contributed by atoms with E-state index in [0.29, 0.717) is 19.4 Å². The summed E-state index contributed by atoms with van der Waals surface area (Å²) in [5.41, 5.74) is 0. The Hall–Kier alpha value is -1.46. The number of carbonyl (C=O) groups is 2. The van der Waals surface area contributed by atoms with E-state index in [-0.39, 0.29) is 6.61 Å². The summed E-state index contributed by atoms with van der Waals surface area (Å²) in [6.45, 7) is 6.90. The Kier molecular flexibility index (Phi) is 13.6. The molecule has 0 heterocycles. The highest BCUT2D eigenvalue weighted by Gasteiger charge is 2.32. The molecular weight excluding hydrogens is 360 g/mol. The number of carbonyl (C=O) groups excluding carboxylic acids is 2. The van der Waals surface area contributed by atoms with Gasteiger partial charge in [0.2, 0.25) is 0 Å². The zero-order valence-corrected chi connectivity index (χ0v) is 18.1. The van der Waals surface area contributed by atoms with Crippen LogP contribution in [0.2, 0.25) is 0 Å². The first kappa shape index (κ1) is 24.6. The number of rotatable bonds is 13. The summed E-state index contributed by atoms with van der Waals surface area (Å²) in [5, 5.41) is 0. The summed E-state index contributed by atoms with van der Waals surface area (Å²) < 4.78 is 20.6. The van der Waals surface area contributed by atoms with Gasteiger partial charge in [0.05, 0.1) is 13.2 Å². The fourth-order valence-electron chi connectivity index (χ4n) is 3.46. The largest absolute Gasteiger partial charge is 0.508 e. The molecule has 2 atom stereocenters. The summed E-state index contributed by atoms with van der Waals surface area (Å²) in [5.74, 6) is 0.803. The molecule has 1 fully saturated rings. The number of unbranched alkanes of at least 4 members (excludes halogenated alkanes) is 6. The second-order valence-corrected chi connectivity index (χ2v) is 8.04. The molecule has 1 aliphatic carbocycles. The van der Waals surface area contributed by atoms with Crippen LogP contribution in [0.5, 0.6) is 0 Å². The second-order valence-electron chi connectivity index (χ2n) is 8.04. The van der Waals surface area contributed by atoms with E-state index >= 15 is 0 Å². The van der Waals surface area contributed by atoms with Crippen molar-refractivity contribution in [3.63, 3.8) is 0 Å². The van der Waals surface area contributed by atoms with Gasteiger partial charge >= 0.3 is 12.3 Å². The maximum Gasteiger partial charge on any atom is 0.508 e. The molecule has 0 N–H and O–H groups in total. The van der Waals surface area contributed by atoms with Crippen molar-refractivity contribution in [2.75, 3.05) is 13.2 Å². The molecule has 28 heavy (non-hydrogen) atoms. The van der Waals surface area contributed by atoms with Crippen LogP contribution in [0.3, 0.4) is 0 Å². The van der Waals surface area contributed by atoms with Crippen LogP contribution in [-0.2, 0) is 18.9 Å². The average molecular weight is 401 g/mol. The molecule has 0 bridgehead atoms. The van der Waals surface area contributed by atoms with Gasteiger partial charge in [-0.25, -0.2) is 9.59 Å². The summed E-state index contributed by atoms with van der Waals surface area (Å²) >= 11 is 0. The maximum absolute atomic E-state index is 11.9. The second kappa shape index (κ2) is 15.5. The van der Waals surface area contributed by atoms with E-state index in [0.717, 1.165) is 31.6 Å². The van der Waals surface area contributed by atoms with Gasteiger partial charge in [0, 0.05) is 0 Å². The van der Waals surface area contributed by atoms with E-state index in [1.165, 1.54) is 38.5 Å². The highest BCUT2D eigenvalue weighted by atomic mass is 16.8. The van der Waals surface area contributed by atoms with Crippen LogP contribution in [0.15, 0.2) is 0 Å². The topological polar surface area (TPSA) is 71.1 Å². The molecule has 1 rings (SSSR count). The third kappa shape index (κ3) is 12.1. The Labute approximate surface area is 170 Å². The summed E-state index contributed by atoms with van der Waals surface area (Å²) in [6.07, 6.45) is 10.6. The molecule has 0 aromatic heterocycles. The van der Waals surface area contributed by atoms with Crippen LogP contribution < -0.4 is 0 Å². The molecular formula is C22H40O6. The first-order valence-corrected chi connectivity index (χ1v) is 11.2. The predicted molar refractivity (Wildman–Crippen MR) is 108 cm³/mol. The molecule has 0 aliphatic heterocycles. The predicted octanol–water partition coefficient (Wildman–Crippen LogP) is 6.40. The standard InChI is InChI=1S/C22H40O6/c1-4-25-21(23)27-19-15-11-12-16-20(19)28-22(24)26-17-13-9-7-5-6-8-10-14-18(2)3/h18-20H,4-17H2,1-3H3. The molecule has 6 heteroatoms. The van der Waals surface area contributed by atoms with Crippen molar-refractivity contribution < 1.29 is 28.5 Å². The highest BCUT2D eigenvalue weighted by Crippen LogP contribution is 2.25. The number of hydrogen-bond donors (Lipinski definition) is 0. The average Bonchev–Trinajstić information content (AvgIpc) is 2.65. The van der Waals surface area contributed by atoms with Gasteiger partial charge in [-0.15, -0.1) is 0 Å². The molecule has 0 saturated heterocycles. The molecule has 0 radical (unpaired) electrons. The molecule has 0 aromatic rings. The third-order valence-corrected chi connectivity index (χ3v) is 5.05. The molecule has 2 unspecified atom stereocenters. The van der Waals surface area contributed by atoms with Crippen LogP contribution in [0.25, 0.3) is 0 Å². The summed E-state index contributed by atoms with van der Waals surface area (Å²) in [7, 11) is 0. The molecule has 1 aliphatic rings. The SMILES string of the molecule is CCOC(=O)OC1CCCCC1OC(=O)OCCCCCCCCCC(C)C. The third-order valence-electron chi connectivity index (χ3n) is 5.05. The minimum atomic E-state index is -0.708. The van der Waals surface area contributed by atoms with Crippen molar-refractivity contribution in [2.24, 2.45) is 5.92 Å². The fraction of sp³-hybridized carbons (Fsp3) is 0.909. The lowest BCUT2D eigenvalue weighted by Crippen LogP contribution is -2.38. The lowest BCUT2D eigenvalue weighted by Gasteiger charge is -2.29. The monoisotopic (exact) mass is 400 g/mol. The van der Waals surface area contributed by atoms with Crippen molar-refractivity contribution >= 4 is 12.3 Å². The van der Waals surface area contributed by atoms with E-state index in [2.05, 4.69) is 13.8 Å². The first-order valence-electron chi connectivity index (χ1n) is 11.2. The van der Waals surface area contributed by atoms with Crippen molar-refractivity contribution in [3.8, 4) is 0 Å². The van der Waals surface area contributed by atoms with Crippen LogP contribution in [0, 0.1) is 5.92 Å². The molecule has 0 aromatic carbocycles. The smallest absolute Gasteiger partial charge is 0.435 e. The maximum atomic E-state index is 11.9. The van der Waals surface area contributed by atoms with Crippen molar-refractivity contribution in [2.45, 2.75) is 110 Å². The molecule has 164 valence electrons. The van der Waals surface area contributed by atoms with Gasteiger partial charge in [0.15, 0.2) is 0 Å².